The maximum Gasteiger partial charge on any atom is 0.263 e. The predicted octanol–water partition coefficient (Wildman–Crippen LogP) is 3.58. The van der Waals surface area contributed by atoms with Gasteiger partial charge in [0.25, 0.3) is 5.91 Å². The molecule has 8 heteroatoms. The summed E-state index contributed by atoms with van der Waals surface area (Å²) in [5.74, 6) is 2.17. The molecule has 1 amide bonds. The minimum atomic E-state index is -0.270. The van der Waals surface area contributed by atoms with E-state index < -0.39 is 0 Å². The zero-order valence-electron chi connectivity index (χ0n) is 15.7. The van der Waals surface area contributed by atoms with E-state index in [1.54, 1.807) is 7.11 Å². The van der Waals surface area contributed by atoms with Crippen LogP contribution in [0.25, 0.3) is 11.0 Å². The summed E-state index contributed by atoms with van der Waals surface area (Å²) in [6, 6.07) is 4.01. The van der Waals surface area contributed by atoms with Crippen molar-refractivity contribution in [2.75, 3.05) is 25.6 Å². The highest BCUT2D eigenvalue weighted by Crippen LogP contribution is 2.42. The van der Waals surface area contributed by atoms with Gasteiger partial charge in [0.05, 0.1) is 18.8 Å². The Balaban J connectivity index is 1.48. The van der Waals surface area contributed by atoms with Crippen molar-refractivity contribution in [2.24, 2.45) is 0 Å². The summed E-state index contributed by atoms with van der Waals surface area (Å²) in [5, 5.41) is 6.65. The third-order valence-corrected chi connectivity index (χ3v) is 5.54. The Bertz CT molecular complexity index is 1010. The van der Waals surface area contributed by atoms with Gasteiger partial charge in [-0.3, -0.25) is 10.1 Å². The smallest absolute Gasteiger partial charge is 0.263 e. The fourth-order valence-corrected chi connectivity index (χ4v) is 3.89. The quantitative estimate of drug-likeness (QED) is 0.699. The molecule has 0 unspecified atom stereocenters. The van der Waals surface area contributed by atoms with Gasteiger partial charge in [-0.25, -0.2) is 4.98 Å². The van der Waals surface area contributed by atoms with Crippen LogP contribution < -0.4 is 10.1 Å². The normalized spacial score (nSPS) is 17.8. The second kappa shape index (κ2) is 6.94. The van der Waals surface area contributed by atoms with E-state index in [0.717, 1.165) is 55.5 Å². The molecule has 0 bridgehead atoms. The molecule has 3 heterocycles. The Hall–Kier alpha value is -2.87. The van der Waals surface area contributed by atoms with Crippen LogP contribution in [0, 0.1) is 0 Å². The summed E-state index contributed by atoms with van der Waals surface area (Å²) in [7, 11) is 1.63. The molecule has 2 aliphatic rings. The number of ether oxygens (including phenoxy) is 2. The van der Waals surface area contributed by atoms with Crippen LogP contribution in [0.1, 0.15) is 59.2 Å². The number of imidazole rings is 1. The Labute approximate surface area is 161 Å². The average molecular weight is 382 g/mol. The van der Waals surface area contributed by atoms with E-state index in [1.807, 2.05) is 6.07 Å². The van der Waals surface area contributed by atoms with Crippen LogP contribution in [0.5, 0.6) is 5.75 Å². The monoisotopic (exact) mass is 382 g/mol. The lowest BCUT2D eigenvalue weighted by Crippen LogP contribution is -2.14. The highest BCUT2D eigenvalue weighted by molar-refractivity contribution is 6.05. The minimum absolute atomic E-state index is 0.270. The number of nitrogens with one attached hydrogen (secondary N) is 2. The Morgan fingerprint density at radius 3 is 2.79 bits per heavy atom. The number of aromatic amines is 1. The van der Waals surface area contributed by atoms with Gasteiger partial charge in [-0.15, -0.1) is 0 Å². The third-order valence-electron chi connectivity index (χ3n) is 5.54. The SMILES string of the molecule is COc1ccc(C2CCOCC2)c2nc(NC(=O)c3cnoc3C3CC3)[nH]c12. The molecule has 1 saturated heterocycles. The van der Waals surface area contributed by atoms with Crippen LogP contribution >= 0.6 is 0 Å². The van der Waals surface area contributed by atoms with Crippen molar-refractivity contribution in [1.82, 2.24) is 15.1 Å². The molecule has 2 fully saturated rings. The van der Waals surface area contributed by atoms with Crippen LogP contribution in [0.3, 0.4) is 0 Å². The van der Waals surface area contributed by atoms with Crippen molar-refractivity contribution in [3.05, 3.63) is 35.2 Å². The summed E-state index contributed by atoms with van der Waals surface area (Å²) < 4.78 is 16.2. The molecular formula is C20H22N4O4. The van der Waals surface area contributed by atoms with E-state index in [2.05, 4.69) is 26.5 Å². The van der Waals surface area contributed by atoms with Gasteiger partial charge in [0.15, 0.2) is 5.76 Å². The number of hydrogen-bond acceptors (Lipinski definition) is 6. The van der Waals surface area contributed by atoms with Gasteiger partial charge in [0, 0.05) is 19.1 Å². The fraction of sp³-hybridized carbons (Fsp3) is 0.450. The van der Waals surface area contributed by atoms with Crippen LogP contribution in [-0.4, -0.2) is 41.4 Å². The number of methoxy groups -OCH3 is 1. The number of fused-ring (bicyclic) bond motifs is 1. The standard InChI is InChI=1S/C20H22N4O4/c1-26-15-5-4-13(11-6-8-27-9-7-11)16-17(15)23-20(22-16)24-19(25)14-10-21-28-18(14)12-2-3-12/h4-5,10-12H,2-3,6-9H2,1H3,(H2,22,23,24,25). The van der Waals surface area contributed by atoms with Crippen molar-refractivity contribution in [3.63, 3.8) is 0 Å². The largest absolute Gasteiger partial charge is 0.494 e. The van der Waals surface area contributed by atoms with Crippen LogP contribution in [0.4, 0.5) is 5.95 Å². The molecule has 2 aromatic heterocycles. The van der Waals surface area contributed by atoms with Gasteiger partial charge in [0.2, 0.25) is 5.95 Å². The Kier molecular flexibility index (Phi) is 4.27. The van der Waals surface area contributed by atoms with Gasteiger partial charge in [-0.05, 0) is 43.2 Å². The summed E-state index contributed by atoms with van der Waals surface area (Å²) in [6.45, 7) is 1.51. The number of hydrogen-bond donors (Lipinski definition) is 2. The maximum atomic E-state index is 12.7. The Morgan fingerprint density at radius 2 is 2.04 bits per heavy atom. The highest BCUT2D eigenvalue weighted by atomic mass is 16.5. The van der Waals surface area contributed by atoms with E-state index in [0.29, 0.717) is 34.9 Å². The van der Waals surface area contributed by atoms with Crippen LogP contribution in [0.15, 0.2) is 22.9 Å². The number of nitrogens with zero attached hydrogens (tertiary/aromatic N) is 2. The van der Waals surface area contributed by atoms with Crippen molar-refractivity contribution >= 4 is 22.9 Å². The number of carbonyl (C=O) groups is 1. The number of aromatic nitrogens is 3. The van der Waals surface area contributed by atoms with E-state index in [4.69, 9.17) is 14.0 Å². The van der Waals surface area contributed by atoms with E-state index in [9.17, 15) is 4.79 Å². The van der Waals surface area contributed by atoms with Crippen molar-refractivity contribution in [3.8, 4) is 5.75 Å². The van der Waals surface area contributed by atoms with Crippen molar-refractivity contribution < 1.29 is 18.8 Å². The molecule has 1 aliphatic carbocycles. The van der Waals surface area contributed by atoms with Crippen molar-refractivity contribution in [2.45, 2.75) is 37.5 Å². The lowest BCUT2D eigenvalue weighted by atomic mass is 9.90. The van der Waals surface area contributed by atoms with Crippen LogP contribution in [-0.2, 0) is 4.74 Å². The molecule has 0 atom stereocenters. The lowest BCUT2D eigenvalue weighted by Gasteiger charge is -2.22. The zero-order chi connectivity index (χ0) is 19.1. The first-order chi connectivity index (χ1) is 13.7. The summed E-state index contributed by atoms with van der Waals surface area (Å²) >= 11 is 0. The molecule has 146 valence electrons. The molecule has 0 spiro atoms. The van der Waals surface area contributed by atoms with Gasteiger partial charge in [0.1, 0.15) is 16.8 Å². The molecule has 0 radical (unpaired) electrons. The number of H-pyrrole nitrogens is 1. The average Bonchev–Trinajstić information content (AvgIpc) is 3.29. The molecule has 3 aromatic rings. The second-order valence-corrected chi connectivity index (χ2v) is 7.38. The molecule has 1 saturated carbocycles. The molecular weight excluding hydrogens is 360 g/mol. The first-order valence-electron chi connectivity index (χ1n) is 9.65. The topological polar surface area (TPSA) is 102 Å². The fourth-order valence-electron chi connectivity index (χ4n) is 3.89. The van der Waals surface area contributed by atoms with E-state index >= 15 is 0 Å². The number of carbonyl (C=O) groups excluding carboxylic acids is 1. The van der Waals surface area contributed by atoms with Gasteiger partial charge >= 0.3 is 0 Å². The summed E-state index contributed by atoms with van der Waals surface area (Å²) in [5.41, 5.74) is 3.24. The number of rotatable bonds is 5. The van der Waals surface area contributed by atoms with Gasteiger partial charge in [-0.1, -0.05) is 11.2 Å². The first-order valence-corrected chi connectivity index (χ1v) is 9.65. The number of amides is 1. The van der Waals surface area contributed by atoms with Gasteiger partial charge < -0.3 is 19.0 Å². The number of benzene rings is 1. The molecule has 1 aromatic carbocycles. The zero-order valence-corrected chi connectivity index (χ0v) is 15.7. The number of anilines is 1. The maximum absolute atomic E-state index is 12.7. The Morgan fingerprint density at radius 1 is 1.21 bits per heavy atom. The molecule has 5 rings (SSSR count). The summed E-state index contributed by atoms with van der Waals surface area (Å²) in [6.07, 6.45) is 5.46. The minimum Gasteiger partial charge on any atom is -0.494 e. The predicted molar refractivity (Wildman–Crippen MR) is 102 cm³/mol. The first kappa shape index (κ1) is 17.2. The molecule has 28 heavy (non-hydrogen) atoms. The van der Waals surface area contributed by atoms with Crippen LogP contribution in [0.2, 0.25) is 0 Å². The van der Waals surface area contributed by atoms with E-state index in [-0.39, 0.29) is 5.91 Å². The second-order valence-electron chi connectivity index (χ2n) is 7.38. The lowest BCUT2D eigenvalue weighted by molar-refractivity contribution is 0.0856. The molecule has 8 nitrogen and oxygen atoms in total. The highest BCUT2D eigenvalue weighted by Gasteiger charge is 2.32. The van der Waals surface area contributed by atoms with E-state index in [1.165, 1.54) is 6.20 Å². The summed E-state index contributed by atoms with van der Waals surface area (Å²) in [4.78, 5) is 20.6. The van der Waals surface area contributed by atoms with Gasteiger partial charge in [-0.2, -0.15) is 0 Å². The molecule has 1 aliphatic heterocycles. The molecule has 2 N–H and O–H groups in total. The van der Waals surface area contributed by atoms with Crippen molar-refractivity contribution in [1.29, 1.82) is 0 Å². The third kappa shape index (κ3) is 3.03.